The first kappa shape index (κ1) is 12.8. The molecule has 0 amide bonds. The van der Waals surface area contributed by atoms with Crippen LogP contribution >= 0.6 is 11.3 Å². The van der Waals surface area contributed by atoms with E-state index in [0.29, 0.717) is 0 Å². The fourth-order valence-corrected chi connectivity index (χ4v) is 2.88. The summed E-state index contributed by atoms with van der Waals surface area (Å²) >= 11 is 1.56. The lowest BCUT2D eigenvalue weighted by atomic mass is 10.2. The predicted molar refractivity (Wildman–Crippen MR) is 88.2 cm³/mol. The van der Waals surface area contributed by atoms with Crippen LogP contribution in [0.1, 0.15) is 0 Å². The first-order valence-corrected chi connectivity index (χ1v) is 7.60. The van der Waals surface area contributed by atoms with Gasteiger partial charge in [-0.1, -0.05) is 0 Å². The second-order valence-electron chi connectivity index (χ2n) is 4.66. The van der Waals surface area contributed by atoms with Gasteiger partial charge in [-0.3, -0.25) is 15.0 Å². The van der Waals surface area contributed by atoms with Gasteiger partial charge in [-0.15, -0.1) is 11.3 Å². The van der Waals surface area contributed by atoms with Gasteiger partial charge in [0.2, 0.25) is 0 Å². The molecule has 4 aromatic rings. The highest BCUT2D eigenvalue weighted by Crippen LogP contribution is 2.27. The monoisotopic (exact) mass is 305 g/mol. The minimum Gasteiger partial charge on any atom is -0.331 e. The first-order chi connectivity index (χ1) is 10.9. The number of nitrogens with one attached hydrogen (secondary N) is 1. The van der Waals surface area contributed by atoms with Crippen molar-refractivity contribution < 1.29 is 0 Å². The summed E-state index contributed by atoms with van der Waals surface area (Å²) in [7, 11) is 0. The second kappa shape index (κ2) is 5.50. The molecule has 106 valence electrons. The minimum absolute atomic E-state index is 0.835. The third kappa shape index (κ3) is 2.51. The molecule has 22 heavy (non-hydrogen) atoms. The lowest BCUT2D eigenvalue weighted by Crippen LogP contribution is -1.91. The highest BCUT2D eigenvalue weighted by Gasteiger charge is 2.05. The van der Waals surface area contributed by atoms with Crippen LogP contribution in [0.3, 0.4) is 0 Å². The van der Waals surface area contributed by atoms with Gasteiger partial charge in [0, 0.05) is 41.4 Å². The number of fused-ring (bicyclic) bond motifs is 1. The Morgan fingerprint density at radius 3 is 2.73 bits per heavy atom. The van der Waals surface area contributed by atoms with Crippen molar-refractivity contribution in [3.8, 4) is 11.3 Å². The van der Waals surface area contributed by atoms with Crippen LogP contribution < -0.4 is 5.32 Å². The van der Waals surface area contributed by atoms with E-state index in [-0.39, 0.29) is 0 Å². The molecule has 1 N–H and O–H groups in total. The van der Waals surface area contributed by atoms with Crippen molar-refractivity contribution in [3.05, 3.63) is 60.5 Å². The average molecular weight is 305 g/mol. The van der Waals surface area contributed by atoms with E-state index in [9.17, 15) is 0 Å². The van der Waals surface area contributed by atoms with E-state index in [0.717, 1.165) is 33.1 Å². The summed E-state index contributed by atoms with van der Waals surface area (Å²) in [6.07, 6.45) is 6.95. The molecule has 0 fully saturated rings. The topological polar surface area (TPSA) is 63.6 Å². The van der Waals surface area contributed by atoms with Gasteiger partial charge in [0.15, 0.2) is 5.13 Å². The lowest BCUT2D eigenvalue weighted by Gasteiger charge is -2.03. The van der Waals surface area contributed by atoms with Crippen molar-refractivity contribution in [1.29, 1.82) is 0 Å². The number of nitrogens with zero attached hydrogens (tertiary/aromatic N) is 4. The highest BCUT2D eigenvalue weighted by atomic mass is 32.1. The molecule has 0 aliphatic heterocycles. The Hall–Kier alpha value is -2.86. The summed E-state index contributed by atoms with van der Waals surface area (Å²) in [5.74, 6) is 0. The Balaban J connectivity index is 1.61. The van der Waals surface area contributed by atoms with Crippen molar-refractivity contribution in [2.75, 3.05) is 5.32 Å². The summed E-state index contributed by atoms with van der Waals surface area (Å²) in [4.78, 5) is 17.3. The van der Waals surface area contributed by atoms with Gasteiger partial charge < -0.3 is 5.32 Å². The molecule has 0 bridgehead atoms. The maximum atomic E-state index is 4.59. The van der Waals surface area contributed by atoms with Crippen LogP contribution in [0.25, 0.3) is 22.3 Å². The molecule has 5 nitrogen and oxygen atoms in total. The Kier molecular flexibility index (Phi) is 3.21. The molecule has 0 radical (unpaired) electrons. The summed E-state index contributed by atoms with van der Waals surface area (Å²) in [6, 6.07) is 9.79. The Morgan fingerprint density at radius 1 is 0.955 bits per heavy atom. The van der Waals surface area contributed by atoms with Crippen LogP contribution in [-0.2, 0) is 0 Å². The van der Waals surface area contributed by atoms with E-state index < -0.39 is 0 Å². The molecule has 1 aromatic carbocycles. The van der Waals surface area contributed by atoms with Crippen molar-refractivity contribution in [3.63, 3.8) is 0 Å². The van der Waals surface area contributed by atoms with Crippen molar-refractivity contribution in [2.45, 2.75) is 0 Å². The van der Waals surface area contributed by atoms with E-state index in [2.05, 4.69) is 25.3 Å². The zero-order chi connectivity index (χ0) is 14.8. The normalized spacial score (nSPS) is 10.7. The Labute approximate surface area is 130 Å². The first-order valence-electron chi connectivity index (χ1n) is 6.72. The van der Waals surface area contributed by atoms with Gasteiger partial charge >= 0.3 is 0 Å². The number of anilines is 2. The van der Waals surface area contributed by atoms with Gasteiger partial charge in [0.05, 0.1) is 16.7 Å². The fourth-order valence-electron chi connectivity index (χ4n) is 2.14. The number of pyridine rings is 1. The van der Waals surface area contributed by atoms with Gasteiger partial charge in [-0.25, -0.2) is 4.98 Å². The van der Waals surface area contributed by atoms with E-state index in [1.165, 1.54) is 0 Å². The van der Waals surface area contributed by atoms with E-state index >= 15 is 0 Å². The molecule has 4 rings (SSSR count). The molecule has 0 atom stereocenters. The zero-order valence-corrected chi connectivity index (χ0v) is 12.3. The standard InChI is InChI=1S/C16H11N5S/c1-2-11(9-17-5-1)15-10-22-16(21-15)20-12-3-4-13-14(8-12)19-7-6-18-13/h1-10H,(H,20,21). The molecule has 0 saturated heterocycles. The number of aromatic nitrogens is 4. The molecule has 3 heterocycles. The van der Waals surface area contributed by atoms with Gasteiger partial charge in [-0.05, 0) is 30.3 Å². The molecule has 0 unspecified atom stereocenters. The summed E-state index contributed by atoms with van der Waals surface area (Å²) in [5.41, 5.74) is 4.61. The fraction of sp³-hybridized carbons (Fsp3) is 0. The zero-order valence-electron chi connectivity index (χ0n) is 11.5. The summed E-state index contributed by atoms with van der Waals surface area (Å²) in [5, 5.41) is 6.15. The smallest absolute Gasteiger partial charge is 0.187 e. The number of rotatable bonds is 3. The third-order valence-corrected chi connectivity index (χ3v) is 3.94. The van der Waals surface area contributed by atoms with Crippen molar-refractivity contribution in [2.24, 2.45) is 0 Å². The SMILES string of the molecule is c1cncc(-c2csc(Nc3ccc4nccnc4c3)n2)c1. The lowest BCUT2D eigenvalue weighted by molar-refractivity contribution is 1.29. The van der Waals surface area contributed by atoms with Crippen LogP contribution in [0.5, 0.6) is 0 Å². The molecule has 0 aliphatic carbocycles. The van der Waals surface area contributed by atoms with Gasteiger partial charge in [0.25, 0.3) is 0 Å². The van der Waals surface area contributed by atoms with Gasteiger partial charge in [0.1, 0.15) is 0 Å². The number of benzene rings is 1. The molecular weight excluding hydrogens is 294 g/mol. The molecule has 3 aromatic heterocycles. The Morgan fingerprint density at radius 2 is 1.86 bits per heavy atom. The van der Waals surface area contributed by atoms with E-state index in [1.807, 2.05) is 41.9 Å². The predicted octanol–water partition coefficient (Wildman–Crippen LogP) is 3.89. The van der Waals surface area contributed by atoms with Crippen LogP contribution in [0.15, 0.2) is 60.5 Å². The minimum atomic E-state index is 0.835. The van der Waals surface area contributed by atoms with Gasteiger partial charge in [-0.2, -0.15) is 0 Å². The average Bonchev–Trinajstić information content (AvgIpc) is 3.04. The molecular formula is C16H11N5S. The third-order valence-electron chi connectivity index (χ3n) is 3.18. The van der Waals surface area contributed by atoms with Crippen LogP contribution in [0.2, 0.25) is 0 Å². The van der Waals surface area contributed by atoms with Crippen LogP contribution in [0.4, 0.5) is 10.8 Å². The van der Waals surface area contributed by atoms with E-state index in [4.69, 9.17) is 0 Å². The largest absolute Gasteiger partial charge is 0.331 e. The van der Waals surface area contributed by atoms with Crippen molar-refractivity contribution >= 4 is 33.2 Å². The number of thiazole rings is 1. The van der Waals surface area contributed by atoms with E-state index in [1.54, 1.807) is 29.9 Å². The number of hydrogen-bond donors (Lipinski definition) is 1. The molecule has 0 saturated carbocycles. The van der Waals surface area contributed by atoms with Crippen molar-refractivity contribution in [1.82, 2.24) is 19.9 Å². The maximum absolute atomic E-state index is 4.59. The van der Waals surface area contributed by atoms with Crippen LogP contribution in [-0.4, -0.2) is 19.9 Å². The molecule has 0 spiro atoms. The molecule has 6 heteroatoms. The highest BCUT2D eigenvalue weighted by molar-refractivity contribution is 7.14. The van der Waals surface area contributed by atoms with Crippen LogP contribution in [0, 0.1) is 0 Å². The maximum Gasteiger partial charge on any atom is 0.187 e. The Bertz CT molecular complexity index is 920. The number of hydrogen-bond acceptors (Lipinski definition) is 6. The quantitative estimate of drug-likeness (QED) is 0.622. The summed E-state index contributed by atoms with van der Waals surface area (Å²) < 4.78 is 0. The summed E-state index contributed by atoms with van der Waals surface area (Å²) in [6.45, 7) is 0. The second-order valence-corrected chi connectivity index (χ2v) is 5.52. The molecule has 0 aliphatic rings.